The van der Waals surface area contributed by atoms with Crippen molar-refractivity contribution in [1.82, 2.24) is 0 Å². The molecule has 8 unspecified atom stereocenters. The minimum Gasteiger partial charge on any atom is -0.458 e. The van der Waals surface area contributed by atoms with Crippen LogP contribution in [0.1, 0.15) is 33.6 Å². The van der Waals surface area contributed by atoms with Gasteiger partial charge in [0.2, 0.25) is 0 Å². The van der Waals surface area contributed by atoms with Crippen molar-refractivity contribution in [2.75, 3.05) is 0 Å². The minimum atomic E-state index is -0.493. The van der Waals surface area contributed by atoms with Crippen LogP contribution in [0, 0.1) is 29.1 Å². The highest BCUT2D eigenvalue weighted by molar-refractivity contribution is 14.1. The Hall–Kier alpha value is -0.330. The summed E-state index contributed by atoms with van der Waals surface area (Å²) in [7, 11) is 0. The second-order valence-corrected chi connectivity index (χ2v) is 9.48. The minimum absolute atomic E-state index is 0.100. The second kappa shape index (κ2) is 3.70. The first kappa shape index (κ1) is 13.3. The van der Waals surface area contributed by atoms with Gasteiger partial charge in [0, 0.05) is 11.8 Å². The molecule has 1 spiro atoms. The lowest BCUT2D eigenvalue weighted by atomic mass is 9.62. The Labute approximate surface area is 132 Å². The quantitative estimate of drug-likeness (QED) is 0.422. The van der Waals surface area contributed by atoms with Gasteiger partial charge in [-0.1, -0.05) is 36.4 Å². The maximum absolute atomic E-state index is 12.3. The van der Waals surface area contributed by atoms with E-state index in [4.69, 9.17) is 9.47 Å². The van der Waals surface area contributed by atoms with Gasteiger partial charge in [0.1, 0.15) is 15.6 Å². The molecule has 3 saturated carbocycles. The summed E-state index contributed by atoms with van der Waals surface area (Å²) in [5.41, 5.74) is 0.137. The van der Waals surface area contributed by atoms with Gasteiger partial charge in [-0.3, -0.25) is 9.59 Å². The molecule has 5 heteroatoms. The molecular weight excluding hydrogens is 371 g/mol. The summed E-state index contributed by atoms with van der Waals surface area (Å²) in [6, 6.07) is 0. The van der Waals surface area contributed by atoms with Gasteiger partial charge in [-0.05, 0) is 30.6 Å². The average molecular weight is 390 g/mol. The molecule has 4 nitrogen and oxygen atoms in total. The van der Waals surface area contributed by atoms with Crippen molar-refractivity contribution in [3.63, 3.8) is 0 Å². The number of carbonyl (C=O) groups is 2. The molecule has 110 valence electrons. The first-order valence-corrected chi connectivity index (χ1v) is 8.52. The van der Waals surface area contributed by atoms with Crippen molar-refractivity contribution < 1.29 is 19.1 Å². The predicted octanol–water partition coefficient (Wildman–Crippen LogP) is 2.33. The maximum Gasteiger partial charge on any atom is 0.322 e. The van der Waals surface area contributed by atoms with Crippen LogP contribution in [-0.4, -0.2) is 27.6 Å². The zero-order valence-electron chi connectivity index (χ0n) is 11.9. The Morgan fingerprint density at radius 1 is 1.50 bits per heavy atom. The summed E-state index contributed by atoms with van der Waals surface area (Å²) in [6.45, 7) is 6.11. The van der Waals surface area contributed by atoms with E-state index in [1.54, 1.807) is 0 Å². The van der Waals surface area contributed by atoms with E-state index < -0.39 is 3.42 Å². The first-order chi connectivity index (χ1) is 9.34. The van der Waals surface area contributed by atoms with E-state index in [1.165, 1.54) is 0 Å². The molecule has 0 aromatic rings. The third kappa shape index (κ3) is 1.29. The lowest BCUT2D eigenvalue weighted by Gasteiger charge is -2.44. The lowest BCUT2D eigenvalue weighted by molar-refractivity contribution is -0.175. The predicted molar refractivity (Wildman–Crippen MR) is 79.2 cm³/mol. The number of hydrogen-bond acceptors (Lipinski definition) is 4. The van der Waals surface area contributed by atoms with E-state index in [0.717, 1.165) is 6.42 Å². The van der Waals surface area contributed by atoms with Crippen molar-refractivity contribution in [1.29, 1.82) is 0 Å². The highest BCUT2D eigenvalue weighted by Gasteiger charge is 2.91. The molecular formula is C15H19IO4. The van der Waals surface area contributed by atoms with Crippen LogP contribution >= 0.6 is 22.6 Å². The summed E-state index contributed by atoms with van der Waals surface area (Å²) < 4.78 is 10.8. The molecule has 4 aliphatic rings. The fourth-order valence-electron chi connectivity index (χ4n) is 5.37. The summed E-state index contributed by atoms with van der Waals surface area (Å²) in [5, 5.41) is 0. The Bertz CT molecular complexity index is 516. The third-order valence-corrected chi connectivity index (χ3v) is 7.56. The highest BCUT2D eigenvalue weighted by atomic mass is 127. The van der Waals surface area contributed by atoms with Crippen LogP contribution in [0.4, 0.5) is 0 Å². The van der Waals surface area contributed by atoms with E-state index in [-0.39, 0.29) is 29.6 Å². The number of ether oxygens (including phenoxy) is 2. The van der Waals surface area contributed by atoms with Crippen LogP contribution in [0.15, 0.2) is 0 Å². The molecule has 0 aromatic carbocycles. The average Bonchev–Trinajstić information content (AvgIpc) is 2.95. The molecule has 4 fully saturated rings. The lowest BCUT2D eigenvalue weighted by Crippen LogP contribution is -2.50. The van der Waals surface area contributed by atoms with Crippen LogP contribution in [0.5, 0.6) is 0 Å². The van der Waals surface area contributed by atoms with Gasteiger partial charge in [0.15, 0.2) is 0 Å². The first-order valence-electron chi connectivity index (χ1n) is 7.44. The molecule has 20 heavy (non-hydrogen) atoms. The van der Waals surface area contributed by atoms with Gasteiger partial charge in [0.25, 0.3) is 0 Å². The van der Waals surface area contributed by atoms with Crippen molar-refractivity contribution in [3.8, 4) is 0 Å². The number of carbonyl (C=O) groups excluding carboxylic acids is 2. The van der Waals surface area contributed by atoms with Crippen LogP contribution in [0.3, 0.4) is 0 Å². The fourth-order valence-corrected chi connectivity index (χ4v) is 5.50. The summed E-state index contributed by atoms with van der Waals surface area (Å²) in [4.78, 5) is 24.1. The molecule has 8 atom stereocenters. The maximum atomic E-state index is 12.3. The van der Waals surface area contributed by atoms with E-state index in [9.17, 15) is 9.59 Å². The van der Waals surface area contributed by atoms with E-state index in [1.807, 2.05) is 13.8 Å². The molecule has 1 saturated heterocycles. The zero-order chi connectivity index (χ0) is 14.4. The molecule has 0 radical (unpaired) electrons. The van der Waals surface area contributed by atoms with Crippen LogP contribution in [-0.2, 0) is 19.1 Å². The molecule has 1 aliphatic heterocycles. The summed E-state index contributed by atoms with van der Waals surface area (Å²) in [6.07, 6.45) is 0.896. The molecule has 0 amide bonds. The standard InChI is InChI=1S/C15H19IO4/c1-4-14(3,16)13(18)20-11-9-6(2)8-10-12(11)19-7(17)5-15(8,9)10/h6,8-12H,4-5H2,1-3H3. The van der Waals surface area contributed by atoms with E-state index in [0.29, 0.717) is 30.1 Å². The molecule has 0 N–H and O–H groups in total. The number of halogens is 1. The van der Waals surface area contributed by atoms with Crippen LogP contribution < -0.4 is 0 Å². The van der Waals surface area contributed by atoms with Gasteiger partial charge in [-0.25, -0.2) is 0 Å². The molecule has 3 aliphatic carbocycles. The van der Waals surface area contributed by atoms with E-state index >= 15 is 0 Å². The molecule has 4 rings (SSSR count). The van der Waals surface area contributed by atoms with Crippen LogP contribution in [0.2, 0.25) is 0 Å². The van der Waals surface area contributed by atoms with E-state index in [2.05, 4.69) is 29.5 Å². The largest absolute Gasteiger partial charge is 0.458 e. The van der Waals surface area contributed by atoms with Crippen molar-refractivity contribution >= 4 is 34.5 Å². The smallest absolute Gasteiger partial charge is 0.322 e. The van der Waals surface area contributed by atoms with Gasteiger partial charge in [0.05, 0.1) is 6.42 Å². The van der Waals surface area contributed by atoms with Crippen molar-refractivity contribution in [2.45, 2.75) is 49.2 Å². The Morgan fingerprint density at radius 2 is 2.20 bits per heavy atom. The normalized spacial score (nSPS) is 53.3. The number of rotatable bonds is 3. The van der Waals surface area contributed by atoms with Gasteiger partial charge in [-0.15, -0.1) is 0 Å². The Balaban J connectivity index is 1.58. The van der Waals surface area contributed by atoms with Gasteiger partial charge in [-0.2, -0.15) is 0 Å². The van der Waals surface area contributed by atoms with Crippen LogP contribution in [0.25, 0.3) is 0 Å². The molecule has 1 heterocycles. The second-order valence-electron chi connectivity index (χ2n) is 7.10. The fraction of sp³-hybridized carbons (Fsp3) is 0.867. The molecule has 0 aromatic heterocycles. The monoisotopic (exact) mass is 390 g/mol. The highest BCUT2D eigenvalue weighted by Crippen LogP contribution is 2.87. The molecule has 2 bridgehead atoms. The Morgan fingerprint density at radius 3 is 2.85 bits per heavy atom. The number of alkyl halides is 1. The summed E-state index contributed by atoms with van der Waals surface area (Å²) in [5.74, 6) is 1.72. The van der Waals surface area contributed by atoms with Crippen molar-refractivity contribution in [2.24, 2.45) is 29.1 Å². The topological polar surface area (TPSA) is 52.6 Å². The zero-order valence-corrected chi connectivity index (χ0v) is 14.0. The number of hydrogen-bond donors (Lipinski definition) is 0. The summed E-state index contributed by atoms with van der Waals surface area (Å²) >= 11 is 2.15. The van der Waals surface area contributed by atoms with Gasteiger partial charge < -0.3 is 9.47 Å². The Kier molecular flexibility index (Phi) is 2.47. The van der Waals surface area contributed by atoms with Gasteiger partial charge >= 0.3 is 11.9 Å². The third-order valence-electron chi connectivity index (χ3n) is 6.35. The van der Waals surface area contributed by atoms with Crippen molar-refractivity contribution in [3.05, 3.63) is 0 Å². The number of esters is 2. The SMILES string of the molecule is CCC(C)(I)C(=O)OC1C2OC(=O)CC34C1C(C)C3C24.